The van der Waals surface area contributed by atoms with Gasteiger partial charge in [0.05, 0.1) is 32.8 Å². The Labute approximate surface area is 88.9 Å². The van der Waals surface area contributed by atoms with Crippen LogP contribution in [0.1, 0.15) is 24.3 Å². The molecule has 84 valence electrons. The van der Waals surface area contributed by atoms with Crippen molar-refractivity contribution >= 4 is 5.97 Å². The zero-order chi connectivity index (χ0) is 11.6. The van der Waals surface area contributed by atoms with E-state index < -0.39 is 11.9 Å². The summed E-state index contributed by atoms with van der Waals surface area (Å²) < 4.78 is 5.80. The van der Waals surface area contributed by atoms with Crippen molar-refractivity contribution in [3.05, 3.63) is 17.5 Å². The molecule has 1 N–H and O–H groups in total. The molecule has 0 aliphatic carbocycles. The van der Waals surface area contributed by atoms with Crippen LogP contribution in [0.5, 0.6) is 0 Å². The number of nitrogens with zero attached hydrogens (tertiary/aromatic N) is 2. The minimum Gasteiger partial charge on any atom is -0.481 e. The molecule has 0 amide bonds. The average molecular weight is 213 g/mol. The molecule has 5 heteroatoms. The normalized spacial score (nSPS) is 13.9. The van der Waals surface area contributed by atoms with Gasteiger partial charge in [-0.1, -0.05) is 5.16 Å². The molecule has 0 saturated heterocycles. The summed E-state index contributed by atoms with van der Waals surface area (Å²) in [5.74, 6) is -0.791. The van der Waals surface area contributed by atoms with Crippen molar-refractivity contribution in [1.82, 2.24) is 5.16 Å². The van der Waals surface area contributed by atoms with E-state index in [-0.39, 0.29) is 0 Å². The zero-order valence-electron chi connectivity index (χ0n) is 9.52. The van der Waals surface area contributed by atoms with Gasteiger partial charge >= 0.3 is 5.97 Å². The Balaban J connectivity index is 2.77. The summed E-state index contributed by atoms with van der Waals surface area (Å²) in [4.78, 5) is 10.7. The maximum atomic E-state index is 10.7. The number of carbonyl (C=O) groups is 1. The molecule has 1 rings (SSSR count). The Morgan fingerprint density at radius 2 is 2.20 bits per heavy atom. The molecule has 1 atom stereocenters. The summed E-state index contributed by atoms with van der Waals surface area (Å²) in [6, 6.07) is 1.71. The molecule has 0 radical (unpaired) electrons. The van der Waals surface area contributed by atoms with Crippen LogP contribution in [0, 0.1) is 0 Å². The molecule has 0 bridgehead atoms. The van der Waals surface area contributed by atoms with E-state index in [1.165, 1.54) is 0 Å². The summed E-state index contributed by atoms with van der Waals surface area (Å²) in [5, 5.41) is 12.5. The summed E-state index contributed by atoms with van der Waals surface area (Å²) >= 11 is 0. The molecule has 1 aromatic rings. The van der Waals surface area contributed by atoms with Crippen LogP contribution in [0.4, 0.5) is 0 Å². The van der Waals surface area contributed by atoms with Gasteiger partial charge in [0.2, 0.25) is 0 Å². The van der Waals surface area contributed by atoms with E-state index in [1.807, 2.05) is 21.1 Å². The van der Waals surface area contributed by atoms with Gasteiger partial charge in [0.25, 0.3) is 0 Å². The lowest BCUT2D eigenvalue weighted by Gasteiger charge is -2.21. The Kier molecular flexibility index (Phi) is 3.14. The van der Waals surface area contributed by atoms with Crippen molar-refractivity contribution in [1.29, 1.82) is 0 Å². The molecule has 0 fully saturated rings. The molecule has 15 heavy (non-hydrogen) atoms. The first-order valence-electron chi connectivity index (χ1n) is 4.78. The number of quaternary nitrogens is 1. The fraction of sp³-hybridized carbons (Fsp3) is 0.600. The van der Waals surface area contributed by atoms with Crippen LogP contribution in [0.15, 0.2) is 10.6 Å². The number of aromatic nitrogens is 1. The molecule has 5 nitrogen and oxygen atoms in total. The second-order valence-electron chi connectivity index (χ2n) is 4.73. The maximum absolute atomic E-state index is 10.7. The number of carboxylic acids is 1. The van der Waals surface area contributed by atoms with Crippen LogP contribution >= 0.6 is 0 Å². The van der Waals surface area contributed by atoms with Gasteiger partial charge in [-0.05, 0) is 6.92 Å². The van der Waals surface area contributed by atoms with Crippen LogP contribution in [0.25, 0.3) is 0 Å². The predicted octanol–water partition coefficient (Wildman–Crippen LogP) is 1.07. The summed E-state index contributed by atoms with van der Waals surface area (Å²) in [5.41, 5.74) is 0.478. The molecule has 0 aliphatic heterocycles. The second kappa shape index (κ2) is 4.02. The van der Waals surface area contributed by atoms with Crippen molar-refractivity contribution in [2.24, 2.45) is 0 Å². The third kappa shape index (κ3) is 3.36. The smallest absolute Gasteiger partial charge is 0.312 e. The maximum Gasteiger partial charge on any atom is 0.312 e. The van der Waals surface area contributed by atoms with Gasteiger partial charge in [0.1, 0.15) is 6.54 Å². The quantitative estimate of drug-likeness (QED) is 0.760. The highest BCUT2D eigenvalue weighted by Crippen LogP contribution is 2.16. The molecular weight excluding hydrogens is 196 g/mol. The summed E-state index contributed by atoms with van der Waals surface area (Å²) in [7, 11) is 6.09. The Morgan fingerprint density at radius 3 is 2.67 bits per heavy atom. The third-order valence-corrected chi connectivity index (χ3v) is 2.02. The third-order valence-electron chi connectivity index (χ3n) is 2.02. The summed E-state index contributed by atoms with van der Waals surface area (Å²) in [6.45, 7) is 2.29. The lowest BCUT2D eigenvalue weighted by atomic mass is 10.1. The molecule has 0 spiro atoms. The molecule has 0 aromatic carbocycles. The van der Waals surface area contributed by atoms with Gasteiger partial charge in [-0.2, -0.15) is 0 Å². The molecule has 0 saturated carbocycles. The average Bonchev–Trinajstić information content (AvgIpc) is 2.48. The molecule has 1 heterocycles. The van der Waals surface area contributed by atoms with Crippen LogP contribution in [-0.2, 0) is 11.3 Å². The largest absolute Gasteiger partial charge is 0.481 e. The van der Waals surface area contributed by atoms with E-state index in [0.29, 0.717) is 18.0 Å². The van der Waals surface area contributed by atoms with Crippen LogP contribution in [0.3, 0.4) is 0 Å². The van der Waals surface area contributed by atoms with Crippen LogP contribution < -0.4 is 0 Å². The lowest BCUT2D eigenvalue weighted by Crippen LogP contribution is -2.33. The fourth-order valence-electron chi connectivity index (χ4n) is 1.20. The number of rotatable bonds is 4. The Morgan fingerprint density at radius 1 is 1.60 bits per heavy atom. The van der Waals surface area contributed by atoms with Crippen molar-refractivity contribution < 1.29 is 18.9 Å². The van der Waals surface area contributed by atoms with Gasteiger partial charge in [-0.25, -0.2) is 0 Å². The van der Waals surface area contributed by atoms with E-state index in [9.17, 15) is 4.79 Å². The number of hydrogen-bond acceptors (Lipinski definition) is 3. The van der Waals surface area contributed by atoms with Crippen molar-refractivity contribution in [2.45, 2.75) is 19.4 Å². The van der Waals surface area contributed by atoms with E-state index in [4.69, 9.17) is 9.63 Å². The first kappa shape index (κ1) is 11.7. The van der Waals surface area contributed by atoms with Gasteiger partial charge < -0.3 is 14.1 Å². The van der Waals surface area contributed by atoms with Gasteiger partial charge in [0.15, 0.2) is 5.76 Å². The van der Waals surface area contributed by atoms with Crippen LogP contribution in [-0.4, -0.2) is 41.9 Å². The Bertz CT molecular complexity index is 352. The fourth-order valence-corrected chi connectivity index (χ4v) is 1.20. The number of hydrogen-bond donors (Lipinski definition) is 1. The SMILES string of the molecule is CC(C(=O)O)c1cc(C[N+](C)(C)C)on1. The second-order valence-corrected chi connectivity index (χ2v) is 4.73. The highest BCUT2D eigenvalue weighted by Gasteiger charge is 2.20. The lowest BCUT2D eigenvalue weighted by molar-refractivity contribution is -0.885. The first-order valence-corrected chi connectivity index (χ1v) is 4.78. The van der Waals surface area contributed by atoms with Gasteiger partial charge in [-0.15, -0.1) is 0 Å². The van der Waals surface area contributed by atoms with Crippen molar-refractivity contribution in [2.75, 3.05) is 21.1 Å². The number of carboxylic acid groups (broad SMARTS) is 1. The van der Waals surface area contributed by atoms with Gasteiger partial charge in [-0.3, -0.25) is 4.79 Å². The van der Waals surface area contributed by atoms with Crippen LogP contribution in [0.2, 0.25) is 0 Å². The highest BCUT2D eigenvalue weighted by molar-refractivity contribution is 5.74. The molecule has 1 aromatic heterocycles. The first-order chi connectivity index (χ1) is 6.79. The highest BCUT2D eigenvalue weighted by atomic mass is 16.5. The Hall–Kier alpha value is -1.36. The monoisotopic (exact) mass is 213 g/mol. The minimum absolute atomic E-state index is 0.478. The van der Waals surface area contributed by atoms with E-state index in [0.717, 1.165) is 4.48 Å². The molecular formula is C10H17N2O3+. The summed E-state index contributed by atoms with van der Waals surface area (Å²) in [6.07, 6.45) is 0. The molecule has 0 aliphatic rings. The predicted molar refractivity (Wildman–Crippen MR) is 54.3 cm³/mol. The number of aliphatic carboxylic acids is 1. The topological polar surface area (TPSA) is 63.3 Å². The zero-order valence-corrected chi connectivity index (χ0v) is 9.52. The van der Waals surface area contributed by atoms with Crippen molar-refractivity contribution in [3.8, 4) is 0 Å². The van der Waals surface area contributed by atoms with E-state index in [1.54, 1.807) is 13.0 Å². The van der Waals surface area contributed by atoms with Gasteiger partial charge in [0, 0.05) is 6.07 Å². The van der Waals surface area contributed by atoms with E-state index in [2.05, 4.69) is 5.16 Å². The van der Waals surface area contributed by atoms with E-state index >= 15 is 0 Å². The standard InChI is InChI=1S/C10H16N2O3/c1-7(10(13)14)9-5-8(15-11-9)6-12(2,3)4/h5,7H,6H2,1-4H3/p+1. The van der Waals surface area contributed by atoms with Crippen molar-refractivity contribution in [3.63, 3.8) is 0 Å². The minimum atomic E-state index is -0.889. The molecule has 1 unspecified atom stereocenters.